The Bertz CT molecular complexity index is 717. The third-order valence-corrected chi connectivity index (χ3v) is 3.85. The molecule has 2 aromatic rings. The average Bonchev–Trinajstić information content (AvgIpc) is 2.72. The maximum Gasteiger partial charge on any atom is 0.307 e. The van der Waals surface area contributed by atoms with E-state index in [0.29, 0.717) is 24.1 Å². The quantitative estimate of drug-likeness (QED) is 0.856. The summed E-state index contributed by atoms with van der Waals surface area (Å²) >= 11 is 0. The molecule has 1 heterocycles. The molecule has 0 atom stereocenters. The Labute approximate surface area is 135 Å². The van der Waals surface area contributed by atoms with Crippen LogP contribution in [0.2, 0.25) is 0 Å². The first-order valence-corrected chi connectivity index (χ1v) is 7.46. The lowest BCUT2D eigenvalue weighted by Gasteiger charge is -2.06. The molecule has 1 aromatic carbocycles. The summed E-state index contributed by atoms with van der Waals surface area (Å²) in [5, 5.41) is 15.9. The predicted molar refractivity (Wildman–Crippen MR) is 87.4 cm³/mol. The number of carbonyl (C=O) groups excluding carboxylic acids is 1. The molecule has 1 amide bonds. The van der Waals surface area contributed by atoms with Crippen LogP contribution in [0.1, 0.15) is 28.9 Å². The minimum atomic E-state index is -0.871. The summed E-state index contributed by atoms with van der Waals surface area (Å²) in [6, 6.07) is 6.85. The summed E-state index contributed by atoms with van der Waals surface area (Å²) in [5.41, 5.74) is 4.52. The number of nitrogens with one attached hydrogen (secondary N) is 1. The molecule has 122 valence electrons. The minimum absolute atomic E-state index is 0.0201. The summed E-state index contributed by atoms with van der Waals surface area (Å²) in [6.45, 7) is 3.94. The number of rotatable bonds is 6. The van der Waals surface area contributed by atoms with Gasteiger partial charge in [0.2, 0.25) is 5.91 Å². The third kappa shape index (κ3) is 4.42. The number of aryl methyl sites for hydroxylation is 2. The highest BCUT2D eigenvalue weighted by Gasteiger charge is 2.11. The minimum Gasteiger partial charge on any atom is -0.481 e. The normalized spacial score (nSPS) is 10.6. The van der Waals surface area contributed by atoms with E-state index in [9.17, 15) is 9.59 Å². The van der Waals surface area contributed by atoms with Crippen molar-refractivity contribution in [1.29, 1.82) is 0 Å². The van der Waals surface area contributed by atoms with Crippen molar-refractivity contribution in [3.63, 3.8) is 0 Å². The Morgan fingerprint density at radius 1 is 1.22 bits per heavy atom. The molecule has 0 saturated carbocycles. The van der Waals surface area contributed by atoms with E-state index in [4.69, 9.17) is 5.11 Å². The van der Waals surface area contributed by atoms with Gasteiger partial charge < -0.3 is 10.4 Å². The summed E-state index contributed by atoms with van der Waals surface area (Å²) < 4.78 is 1.82. The first-order valence-electron chi connectivity index (χ1n) is 7.46. The number of benzene rings is 1. The lowest BCUT2D eigenvalue weighted by atomic mass is 10.1. The molecule has 23 heavy (non-hydrogen) atoms. The van der Waals surface area contributed by atoms with E-state index < -0.39 is 5.97 Å². The molecule has 2 rings (SSSR count). The number of aliphatic carboxylic acids is 1. The summed E-state index contributed by atoms with van der Waals surface area (Å²) in [6.07, 6.45) is 1.01. The topological polar surface area (TPSA) is 84.2 Å². The van der Waals surface area contributed by atoms with Gasteiger partial charge in [-0.3, -0.25) is 14.3 Å². The lowest BCUT2D eigenvalue weighted by molar-refractivity contribution is -0.136. The molecular weight excluding hydrogens is 294 g/mol. The number of carboxylic acids is 1. The van der Waals surface area contributed by atoms with Crippen LogP contribution in [0.4, 0.5) is 5.69 Å². The fourth-order valence-electron chi connectivity index (χ4n) is 2.52. The van der Waals surface area contributed by atoms with Crippen LogP contribution < -0.4 is 5.32 Å². The smallest absolute Gasteiger partial charge is 0.307 e. The van der Waals surface area contributed by atoms with Crippen molar-refractivity contribution in [2.45, 2.75) is 33.1 Å². The van der Waals surface area contributed by atoms with E-state index >= 15 is 0 Å². The van der Waals surface area contributed by atoms with Gasteiger partial charge in [-0.15, -0.1) is 0 Å². The van der Waals surface area contributed by atoms with E-state index in [0.717, 1.165) is 17.0 Å². The van der Waals surface area contributed by atoms with Gasteiger partial charge in [0.15, 0.2) is 0 Å². The zero-order valence-electron chi connectivity index (χ0n) is 13.6. The van der Waals surface area contributed by atoms with Gasteiger partial charge in [0.1, 0.15) is 0 Å². The highest BCUT2D eigenvalue weighted by molar-refractivity contribution is 5.90. The van der Waals surface area contributed by atoms with Crippen LogP contribution in [-0.4, -0.2) is 26.8 Å². The van der Waals surface area contributed by atoms with Crippen LogP contribution in [0.15, 0.2) is 24.3 Å². The second-order valence-corrected chi connectivity index (χ2v) is 5.59. The molecule has 0 bridgehead atoms. The Hall–Kier alpha value is -2.63. The van der Waals surface area contributed by atoms with Crippen molar-refractivity contribution in [1.82, 2.24) is 9.78 Å². The van der Waals surface area contributed by atoms with Gasteiger partial charge in [0, 0.05) is 24.8 Å². The Morgan fingerprint density at radius 3 is 2.39 bits per heavy atom. The lowest BCUT2D eigenvalue weighted by Crippen LogP contribution is -2.13. The molecule has 0 spiro atoms. The Balaban J connectivity index is 1.90. The molecule has 0 unspecified atom stereocenters. The van der Waals surface area contributed by atoms with Crippen molar-refractivity contribution in [2.75, 3.05) is 5.32 Å². The maximum absolute atomic E-state index is 12.0. The molecule has 1 aromatic heterocycles. The summed E-state index contributed by atoms with van der Waals surface area (Å²) in [7, 11) is 1.89. The van der Waals surface area contributed by atoms with E-state index in [1.54, 1.807) is 24.3 Å². The Morgan fingerprint density at radius 2 is 1.87 bits per heavy atom. The molecule has 0 saturated heterocycles. The van der Waals surface area contributed by atoms with Crippen LogP contribution >= 0.6 is 0 Å². The molecule has 0 aliphatic heterocycles. The molecule has 6 heteroatoms. The van der Waals surface area contributed by atoms with E-state index in [-0.39, 0.29) is 12.3 Å². The largest absolute Gasteiger partial charge is 0.481 e. The van der Waals surface area contributed by atoms with E-state index in [1.165, 1.54) is 0 Å². The molecule has 0 fully saturated rings. The molecule has 6 nitrogen and oxygen atoms in total. The highest BCUT2D eigenvalue weighted by Crippen LogP contribution is 2.15. The number of nitrogens with zero attached hydrogens (tertiary/aromatic N) is 2. The van der Waals surface area contributed by atoms with Crippen LogP contribution in [0.25, 0.3) is 0 Å². The summed E-state index contributed by atoms with van der Waals surface area (Å²) in [5.74, 6) is -0.942. The monoisotopic (exact) mass is 315 g/mol. The van der Waals surface area contributed by atoms with Gasteiger partial charge in [0.05, 0.1) is 12.1 Å². The second kappa shape index (κ2) is 7.09. The Kier molecular flexibility index (Phi) is 5.16. The predicted octanol–water partition coefficient (Wildman–Crippen LogP) is 2.24. The van der Waals surface area contributed by atoms with Crippen molar-refractivity contribution >= 4 is 17.6 Å². The molecule has 0 aliphatic rings. The number of hydrogen-bond acceptors (Lipinski definition) is 3. The van der Waals surface area contributed by atoms with Crippen LogP contribution in [0, 0.1) is 13.8 Å². The van der Waals surface area contributed by atoms with Gasteiger partial charge in [-0.2, -0.15) is 5.10 Å². The zero-order valence-corrected chi connectivity index (χ0v) is 13.6. The first kappa shape index (κ1) is 16.7. The van der Waals surface area contributed by atoms with Crippen molar-refractivity contribution in [3.05, 3.63) is 46.8 Å². The fraction of sp³-hybridized carbons (Fsp3) is 0.353. The number of anilines is 1. The highest BCUT2D eigenvalue weighted by atomic mass is 16.4. The third-order valence-electron chi connectivity index (χ3n) is 3.85. The molecule has 0 radical (unpaired) electrons. The number of carbonyl (C=O) groups is 2. The van der Waals surface area contributed by atoms with Crippen LogP contribution in [0.5, 0.6) is 0 Å². The van der Waals surface area contributed by atoms with Crippen molar-refractivity contribution in [2.24, 2.45) is 7.05 Å². The second-order valence-electron chi connectivity index (χ2n) is 5.59. The number of aromatic nitrogens is 2. The molecular formula is C17H21N3O3. The van der Waals surface area contributed by atoms with E-state index in [2.05, 4.69) is 10.4 Å². The van der Waals surface area contributed by atoms with Gasteiger partial charge >= 0.3 is 5.97 Å². The number of hydrogen-bond donors (Lipinski definition) is 2. The van der Waals surface area contributed by atoms with Gasteiger partial charge in [0.25, 0.3) is 0 Å². The van der Waals surface area contributed by atoms with Gasteiger partial charge in [-0.05, 0) is 43.5 Å². The van der Waals surface area contributed by atoms with Gasteiger partial charge in [-0.1, -0.05) is 12.1 Å². The average molecular weight is 315 g/mol. The number of carboxylic acid groups (broad SMARTS) is 1. The maximum atomic E-state index is 12.0. The molecule has 0 aliphatic carbocycles. The SMILES string of the molecule is Cc1nn(C)c(C)c1CCC(=O)Nc1ccc(CC(=O)O)cc1. The fourth-order valence-corrected chi connectivity index (χ4v) is 2.52. The first-order chi connectivity index (χ1) is 10.9. The van der Waals surface area contributed by atoms with Crippen LogP contribution in [-0.2, 0) is 29.5 Å². The summed E-state index contributed by atoms with van der Waals surface area (Å²) in [4.78, 5) is 22.7. The van der Waals surface area contributed by atoms with E-state index in [1.807, 2.05) is 25.6 Å². The standard InChI is InChI=1S/C17H21N3O3/c1-11-15(12(2)20(3)19-11)8-9-16(21)18-14-6-4-13(5-7-14)10-17(22)23/h4-7H,8-10H2,1-3H3,(H,18,21)(H,22,23). The van der Waals surface area contributed by atoms with Gasteiger partial charge in [-0.25, -0.2) is 0 Å². The van der Waals surface area contributed by atoms with Crippen molar-refractivity contribution in [3.8, 4) is 0 Å². The molecule has 2 N–H and O–H groups in total. The van der Waals surface area contributed by atoms with Crippen molar-refractivity contribution < 1.29 is 14.7 Å². The van der Waals surface area contributed by atoms with Crippen LogP contribution in [0.3, 0.4) is 0 Å². The number of amides is 1. The zero-order chi connectivity index (χ0) is 17.0.